The highest BCUT2D eigenvalue weighted by atomic mass is 32.2. The molecule has 1 aromatic carbocycles. The summed E-state index contributed by atoms with van der Waals surface area (Å²) in [6.45, 7) is 7.87. The molecular weight excluding hydrogens is 346 g/mol. The first kappa shape index (κ1) is 18.7. The van der Waals surface area contributed by atoms with Gasteiger partial charge in [0.25, 0.3) is 5.56 Å². The van der Waals surface area contributed by atoms with Crippen LogP contribution in [0.5, 0.6) is 0 Å². The zero-order valence-corrected chi connectivity index (χ0v) is 16.5. The Balaban J connectivity index is 1.74. The molecule has 5 nitrogen and oxygen atoms in total. The highest BCUT2D eigenvalue weighted by Gasteiger charge is 2.20. The molecule has 0 saturated heterocycles. The molecule has 1 heterocycles. The molecule has 0 aliphatic heterocycles. The van der Waals surface area contributed by atoms with Crippen LogP contribution in [0, 0.1) is 20.8 Å². The second-order valence-electron chi connectivity index (χ2n) is 7.03. The molecule has 1 aliphatic carbocycles. The van der Waals surface area contributed by atoms with E-state index in [0.29, 0.717) is 5.16 Å². The van der Waals surface area contributed by atoms with Crippen molar-refractivity contribution in [2.45, 2.75) is 63.8 Å². The van der Waals surface area contributed by atoms with Gasteiger partial charge in [-0.3, -0.25) is 9.59 Å². The summed E-state index contributed by atoms with van der Waals surface area (Å²) in [7, 11) is 0. The van der Waals surface area contributed by atoms with Crippen LogP contribution in [0.1, 0.15) is 47.7 Å². The molecule has 138 valence electrons. The van der Waals surface area contributed by atoms with Crippen molar-refractivity contribution in [3.63, 3.8) is 0 Å². The molecule has 0 unspecified atom stereocenters. The summed E-state index contributed by atoms with van der Waals surface area (Å²) in [4.78, 5) is 32.3. The number of aromatic amines is 1. The van der Waals surface area contributed by atoms with Crippen LogP contribution in [0.3, 0.4) is 0 Å². The third-order valence-corrected chi connectivity index (χ3v) is 5.74. The fourth-order valence-corrected chi connectivity index (χ4v) is 4.27. The number of nitrogens with zero attached hydrogens (tertiary/aromatic N) is 1. The molecule has 3 rings (SSSR count). The molecule has 6 heteroatoms. The van der Waals surface area contributed by atoms with E-state index in [1.165, 1.54) is 17.3 Å². The maximum absolute atomic E-state index is 12.6. The number of H-pyrrole nitrogens is 1. The van der Waals surface area contributed by atoms with Gasteiger partial charge in [0.2, 0.25) is 5.91 Å². The van der Waals surface area contributed by atoms with Crippen LogP contribution in [0.15, 0.2) is 22.1 Å². The number of rotatable bonds is 4. The third-order valence-electron chi connectivity index (χ3n) is 4.75. The van der Waals surface area contributed by atoms with Crippen molar-refractivity contribution < 1.29 is 4.79 Å². The molecule has 0 saturated carbocycles. The molecule has 1 aliphatic rings. The Hall–Kier alpha value is -2.08. The fourth-order valence-electron chi connectivity index (χ4n) is 3.46. The maximum atomic E-state index is 12.6. The second-order valence-corrected chi connectivity index (χ2v) is 8.36. The molecule has 0 bridgehead atoms. The number of anilines is 1. The molecule has 1 aromatic heterocycles. The first-order valence-electron chi connectivity index (χ1n) is 9.02. The van der Waals surface area contributed by atoms with Gasteiger partial charge in [0.05, 0.1) is 10.9 Å². The predicted molar refractivity (Wildman–Crippen MR) is 106 cm³/mol. The molecule has 2 aromatic rings. The Kier molecular flexibility index (Phi) is 5.51. The lowest BCUT2D eigenvalue weighted by Gasteiger charge is -2.17. The lowest BCUT2D eigenvalue weighted by atomic mass is 9.97. The summed E-state index contributed by atoms with van der Waals surface area (Å²) >= 11 is 1.29. The van der Waals surface area contributed by atoms with Crippen molar-refractivity contribution in [1.29, 1.82) is 0 Å². The number of amides is 1. The minimum absolute atomic E-state index is 0.0602. The average Bonchev–Trinajstić information content (AvgIpc) is 2.58. The highest BCUT2D eigenvalue weighted by Crippen LogP contribution is 2.26. The van der Waals surface area contributed by atoms with E-state index in [4.69, 9.17) is 0 Å². The Morgan fingerprint density at radius 1 is 1.19 bits per heavy atom. The maximum Gasteiger partial charge on any atom is 0.254 e. The smallest absolute Gasteiger partial charge is 0.254 e. The van der Waals surface area contributed by atoms with Crippen molar-refractivity contribution in [3.05, 3.63) is 50.4 Å². The molecular formula is C20H25N3O2S. The van der Waals surface area contributed by atoms with Gasteiger partial charge in [-0.25, -0.2) is 4.98 Å². The van der Waals surface area contributed by atoms with Gasteiger partial charge in [0.15, 0.2) is 5.16 Å². The number of nitrogens with one attached hydrogen (secondary N) is 2. The van der Waals surface area contributed by atoms with Gasteiger partial charge < -0.3 is 10.3 Å². The number of carbonyl (C=O) groups excluding carboxylic acids is 1. The van der Waals surface area contributed by atoms with Crippen LogP contribution in [0.2, 0.25) is 0 Å². The van der Waals surface area contributed by atoms with Crippen LogP contribution in [-0.2, 0) is 17.6 Å². The van der Waals surface area contributed by atoms with Crippen LogP contribution >= 0.6 is 11.8 Å². The zero-order valence-electron chi connectivity index (χ0n) is 15.7. The lowest BCUT2D eigenvalue weighted by molar-refractivity contribution is -0.115. The molecule has 0 fully saturated rings. The van der Waals surface area contributed by atoms with Crippen molar-refractivity contribution in [1.82, 2.24) is 9.97 Å². The summed E-state index contributed by atoms with van der Waals surface area (Å²) in [5.41, 5.74) is 5.77. The number of hydrogen-bond donors (Lipinski definition) is 2. The Morgan fingerprint density at radius 2 is 1.85 bits per heavy atom. The molecule has 1 amide bonds. The SMILES string of the molecule is Cc1cc(C)c(NC(=O)[C@@H](C)Sc2nc3c(c(=O)[nH]2)CCCC3)c(C)c1. The monoisotopic (exact) mass is 371 g/mol. The minimum Gasteiger partial charge on any atom is -0.325 e. The molecule has 0 radical (unpaired) electrons. The van der Waals surface area contributed by atoms with Gasteiger partial charge in [-0.1, -0.05) is 29.5 Å². The number of hydrogen-bond acceptors (Lipinski definition) is 4. The van der Waals surface area contributed by atoms with Crippen molar-refractivity contribution in [2.24, 2.45) is 0 Å². The van der Waals surface area contributed by atoms with Crippen LogP contribution < -0.4 is 10.9 Å². The largest absolute Gasteiger partial charge is 0.325 e. The van der Waals surface area contributed by atoms with E-state index in [1.54, 1.807) is 0 Å². The highest BCUT2D eigenvalue weighted by molar-refractivity contribution is 8.00. The second kappa shape index (κ2) is 7.66. The van der Waals surface area contributed by atoms with E-state index >= 15 is 0 Å². The van der Waals surface area contributed by atoms with Crippen molar-refractivity contribution >= 4 is 23.4 Å². The van der Waals surface area contributed by atoms with Gasteiger partial charge in [-0.05, 0) is 64.5 Å². The first-order chi connectivity index (χ1) is 12.3. The predicted octanol–water partition coefficient (Wildman–Crippen LogP) is 3.69. The molecule has 26 heavy (non-hydrogen) atoms. The number of benzene rings is 1. The fraction of sp³-hybridized carbons (Fsp3) is 0.450. The number of thioether (sulfide) groups is 1. The molecule has 2 N–H and O–H groups in total. The molecule has 1 atom stereocenters. The van der Waals surface area contributed by atoms with E-state index < -0.39 is 0 Å². The average molecular weight is 372 g/mol. The Morgan fingerprint density at radius 3 is 2.54 bits per heavy atom. The van der Waals surface area contributed by atoms with E-state index in [1.807, 2.05) is 27.7 Å². The van der Waals surface area contributed by atoms with Crippen LogP contribution in [0.4, 0.5) is 5.69 Å². The van der Waals surface area contributed by atoms with E-state index in [0.717, 1.165) is 53.8 Å². The van der Waals surface area contributed by atoms with Crippen LogP contribution in [-0.4, -0.2) is 21.1 Å². The Bertz CT molecular complexity index is 881. The lowest BCUT2D eigenvalue weighted by Crippen LogP contribution is -2.25. The Labute approximate surface area is 158 Å². The number of carbonyl (C=O) groups is 1. The summed E-state index contributed by atoms with van der Waals surface area (Å²) < 4.78 is 0. The van der Waals surface area contributed by atoms with E-state index in [9.17, 15) is 9.59 Å². The number of aromatic nitrogens is 2. The standard InChI is InChI=1S/C20H25N3O2S/c1-11-9-12(2)17(13(3)10-11)22-18(24)14(4)26-20-21-16-8-6-5-7-15(16)19(25)23-20/h9-10,14H,5-8H2,1-4H3,(H,22,24)(H,21,23,25)/t14-/m1/s1. The summed E-state index contributed by atoms with van der Waals surface area (Å²) in [6.07, 6.45) is 3.74. The molecule has 0 spiro atoms. The van der Waals surface area contributed by atoms with E-state index in [-0.39, 0.29) is 16.7 Å². The topological polar surface area (TPSA) is 74.8 Å². The normalized spacial score (nSPS) is 14.6. The summed E-state index contributed by atoms with van der Waals surface area (Å²) in [6, 6.07) is 4.12. The van der Waals surface area contributed by atoms with Crippen molar-refractivity contribution in [3.8, 4) is 0 Å². The summed E-state index contributed by atoms with van der Waals surface area (Å²) in [5, 5.41) is 3.19. The van der Waals surface area contributed by atoms with Crippen molar-refractivity contribution in [2.75, 3.05) is 5.32 Å². The van der Waals surface area contributed by atoms with Gasteiger partial charge in [-0.2, -0.15) is 0 Å². The van der Waals surface area contributed by atoms with E-state index in [2.05, 4.69) is 27.4 Å². The number of fused-ring (bicyclic) bond motifs is 1. The van der Waals surface area contributed by atoms with Crippen LogP contribution in [0.25, 0.3) is 0 Å². The quantitative estimate of drug-likeness (QED) is 0.635. The van der Waals surface area contributed by atoms with Gasteiger partial charge in [-0.15, -0.1) is 0 Å². The van der Waals surface area contributed by atoms with Gasteiger partial charge in [0.1, 0.15) is 0 Å². The number of aryl methyl sites for hydroxylation is 4. The van der Waals surface area contributed by atoms with Gasteiger partial charge >= 0.3 is 0 Å². The minimum atomic E-state index is -0.361. The zero-order chi connectivity index (χ0) is 18.8. The third kappa shape index (κ3) is 4.01. The van der Waals surface area contributed by atoms with Gasteiger partial charge in [0, 0.05) is 11.3 Å². The summed E-state index contributed by atoms with van der Waals surface area (Å²) in [5.74, 6) is -0.0922. The first-order valence-corrected chi connectivity index (χ1v) is 9.90.